The van der Waals surface area contributed by atoms with Crippen LogP contribution in [-0.2, 0) is 17.8 Å². The summed E-state index contributed by atoms with van der Waals surface area (Å²) in [5.74, 6) is -0.782. The van der Waals surface area contributed by atoms with E-state index in [0.29, 0.717) is 36.9 Å². The van der Waals surface area contributed by atoms with Crippen molar-refractivity contribution in [1.82, 2.24) is 15.5 Å². The Hall–Kier alpha value is -2.93. The Bertz CT molecular complexity index is 1020. The van der Waals surface area contributed by atoms with Crippen LogP contribution < -0.4 is 10.6 Å². The van der Waals surface area contributed by atoms with Gasteiger partial charge in [0.15, 0.2) is 11.6 Å². The SMILES string of the molecule is CNC(=O)[C@H](Cc1ccccc1)N[C@@H](C)C1CCC(CN2Cc3ccc(O)c(F)c3C2=O)CC1. The molecule has 2 amide bonds. The van der Waals surface area contributed by atoms with Crippen LogP contribution in [0.2, 0.25) is 0 Å². The van der Waals surface area contributed by atoms with Crippen LogP contribution in [0, 0.1) is 17.7 Å². The van der Waals surface area contributed by atoms with E-state index in [0.717, 1.165) is 31.2 Å². The molecule has 1 saturated carbocycles. The molecule has 0 bridgehead atoms. The van der Waals surface area contributed by atoms with Crippen LogP contribution >= 0.6 is 0 Å². The summed E-state index contributed by atoms with van der Waals surface area (Å²) >= 11 is 0. The standard InChI is InChI=1S/C27H34FN3O3/c1-17(30-22(26(33)29-2)14-18-6-4-3-5-7-18)20-10-8-19(9-11-20)15-31-16-21-12-13-23(32)25(28)24(21)27(31)34/h3-7,12-13,17,19-20,22,30,32H,8-11,14-16H2,1-2H3,(H,29,33)/t17-,19?,20?,22-/m0/s1. The summed E-state index contributed by atoms with van der Waals surface area (Å²) in [6, 6.07) is 12.9. The number of rotatable bonds is 8. The highest BCUT2D eigenvalue weighted by Crippen LogP contribution is 2.35. The first-order valence-electron chi connectivity index (χ1n) is 12.2. The smallest absolute Gasteiger partial charge is 0.257 e. The highest BCUT2D eigenvalue weighted by Gasteiger charge is 2.35. The number of carbonyl (C=O) groups is 2. The number of halogens is 1. The number of likely N-dealkylation sites (N-methyl/N-ethyl adjacent to an activating group) is 1. The van der Waals surface area contributed by atoms with Crippen LogP contribution in [-0.4, -0.2) is 47.5 Å². The van der Waals surface area contributed by atoms with E-state index in [9.17, 15) is 19.1 Å². The lowest BCUT2D eigenvalue weighted by molar-refractivity contribution is -0.123. The summed E-state index contributed by atoms with van der Waals surface area (Å²) in [6.07, 6.45) is 4.68. The van der Waals surface area contributed by atoms with Crippen LogP contribution in [0.15, 0.2) is 42.5 Å². The van der Waals surface area contributed by atoms with E-state index in [4.69, 9.17) is 0 Å². The molecule has 3 N–H and O–H groups in total. The molecule has 1 heterocycles. The first-order chi connectivity index (χ1) is 16.4. The van der Waals surface area contributed by atoms with Gasteiger partial charge in [-0.1, -0.05) is 36.4 Å². The molecule has 0 spiro atoms. The molecule has 0 saturated heterocycles. The Kier molecular flexibility index (Phi) is 7.51. The van der Waals surface area contributed by atoms with Crippen LogP contribution in [0.1, 0.15) is 54.1 Å². The van der Waals surface area contributed by atoms with Gasteiger partial charge in [0.2, 0.25) is 5.91 Å². The fourth-order valence-corrected chi connectivity index (χ4v) is 5.44. The maximum absolute atomic E-state index is 14.2. The summed E-state index contributed by atoms with van der Waals surface area (Å²) in [5, 5.41) is 15.9. The van der Waals surface area contributed by atoms with Crippen molar-refractivity contribution in [3.63, 3.8) is 0 Å². The summed E-state index contributed by atoms with van der Waals surface area (Å²) in [5.41, 5.74) is 1.79. The molecule has 4 rings (SSSR count). The number of aromatic hydroxyl groups is 1. The lowest BCUT2D eigenvalue weighted by Crippen LogP contribution is -2.50. The van der Waals surface area contributed by atoms with Gasteiger partial charge in [-0.25, -0.2) is 4.39 Å². The molecular weight excluding hydrogens is 433 g/mol. The third-order valence-corrected chi connectivity index (χ3v) is 7.46. The number of phenols is 1. The van der Waals surface area contributed by atoms with E-state index in [1.54, 1.807) is 18.0 Å². The van der Waals surface area contributed by atoms with Gasteiger partial charge in [0.25, 0.3) is 5.91 Å². The van der Waals surface area contributed by atoms with Crippen LogP contribution in [0.3, 0.4) is 0 Å². The van der Waals surface area contributed by atoms with Crippen molar-refractivity contribution in [1.29, 1.82) is 0 Å². The van der Waals surface area contributed by atoms with Crippen LogP contribution in [0.25, 0.3) is 0 Å². The van der Waals surface area contributed by atoms with Crippen LogP contribution in [0.4, 0.5) is 4.39 Å². The zero-order valence-corrected chi connectivity index (χ0v) is 19.9. The number of carbonyl (C=O) groups excluding carboxylic acids is 2. The van der Waals surface area contributed by atoms with Gasteiger partial charge in [-0.05, 0) is 68.1 Å². The Morgan fingerprint density at radius 2 is 1.85 bits per heavy atom. The van der Waals surface area contributed by atoms with E-state index in [1.807, 2.05) is 30.3 Å². The minimum Gasteiger partial charge on any atom is -0.505 e. The predicted octanol–water partition coefficient (Wildman–Crippen LogP) is 3.63. The molecule has 0 unspecified atom stereocenters. The van der Waals surface area contributed by atoms with Crippen molar-refractivity contribution in [2.24, 2.45) is 11.8 Å². The molecule has 2 aromatic carbocycles. The second-order valence-corrected chi connectivity index (χ2v) is 9.71. The molecule has 0 aromatic heterocycles. The number of phenolic OH excluding ortho intramolecular Hbond substituents is 1. The highest BCUT2D eigenvalue weighted by molar-refractivity contribution is 5.99. The van der Waals surface area contributed by atoms with Gasteiger partial charge in [-0.15, -0.1) is 0 Å². The first kappa shape index (κ1) is 24.2. The quantitative estimate of drug-likeness (QED) is 0.554. The van der Waals surface area contributed by atoms with Crippen molar-refractivity contribution in [3.8, 4) is 5.75 Å². The number of hydrogen-bond donors (Lipinski definition) is 3. The largest absolute Gasteiger partial charge is 0.505 e. The van der Waals surface area contributed by atoms with Gasteiger partial charge in [-0.3, -0.25) is 9.59 Å². The van der Waals surface area contributed by atoms with E-state index in [2.05, 4.69) is 17.6 Å². The van der Waals surface area contributed by atoms with Gasteiger partial charge >= 0.3 is 0 Å². The monoisotopic (exact) mass is 467 g/mol. The highest BCUT2D eigenvalue weighted by atomic mass is 19.1. The van der Waals surface area contributed by atoms with Gasteiger partial charge in [0, 0.05) is 26.2 Å². The van der Waals surface area contributed by atoms with E-state index in [1.165, 1.54) is 6.07 Å². The molecule has 2 atom stereocenters. The normalized spacial score (nSPS) is 21.7. The average molecular weight is 468 g/mol. The van der Waals surface area contributed by atoms with Gasteiger partial charge in [-0.2, -0.15) is 0 Å². The number of benzene rings is 2. The molecule has 34 heavy (non-hydrogen) atoms. The minimum atomic E-state index is -0.810. The molecule has 6 nitrogen and oxygen atoms in total. The summed E-state index contributed by atoms with van der Waals surface area (Å²) in [4.78, 5) is 26.9. The topological polar surface area (TPSA) is 81.7 Å². The lowest BCUT2D eigenvalue weighted by atomic mass is 9.78. The Labute approximate surface area is 200 Å². The number of nitrogens with zero attached hydrogens (tertiary/aromatic N) is 1. The van der Waals surface area contributed by atoms with Crippen molar-refractivity contribution >= 4 is 11.8 Å². The molecule has 2 aromatic rings. The Morgan fingerprint density at radius 3 is 2.53 bits per heavy atom. The predicted molar refractivity (Wildman–Crippen MR) is 129 cm³/mol. The molecule has 1 aliphatic carbocycles. The number of hydrogen-bond acceptors (Lipinski definition) is 4. The van der Waals surface area contributed by atoms with Crippen molar-refractivity contribution in [3.05, 3.63) is 65.0 Å². The second-order valence-electron chi connectivity index (χ2n) is 9.71. The molecule has 0 radical (unpaired) electrons. The van der Waals surface area contributed by atoms with E-state index < -0.39 is 11.6 Å². The molecule has 7 heteroatoms. The third-order valence-electron chi connectivity index (χ3n) is 7.46. The van der Waals surface area contributed by atoms with Crippen molar-refractivity contribution in [2.45, 2.75) is 57.7 Å². The molecular formula is C27H34FN3O3. The fourth-order valence-electron chi connectivity index (χ4n) is 5.44. The zero-order chi connectivity index (χ0) is 24.2. The Morgan fingerprint density at radius 1 is 1.15 bits per heavy atom. The average Bonchev–Trinajstić information content (AvgIpc) is 3.17. The molecule has 182 valence electrons. The van der Waals surface area contributed by atoms with E-state index >= 15 is 0 Å². The van der Waals surface area contributed by atoms with Gasteiger partial charge < -0.3 is 20.6 Å². The van der Waals surface area contributed by atoms with Gasteiger partial charge in [0.05, 0.1) is 11.6 Å². The number of fused-ring (bicyclic) bond motifs is 1. The minimum absolute atomic E-state index is 0.00484. The summed E-state index contributed by atoms with van der Waals surface area (Å²) in [7, 11) is 1.67. The molecule has 1 fully saturated rings. The summed E-state index contributed by atoms with van der Waals surface area (Å²) in [6.45, 7) is 3.16. The van der Waals surface area contributed by atoms with E-state index in [-0.39, 0.29) is 29.5 Å². The van der Waals surface area contributed by atoms with Gasteiger partial charge in [0.1, 0.15) is 0 Å². The molecule has 1 aliphatic heterocycles. The van der Waals surface area contributed by atoms with Crippen molar-refractivity contribution in [2.75, 3.05) is 13.6 Å². The van der Waals surface area contributed by atoms with Crippen molar-refractivity contribution < 1.29 is 19.1 Å². The first-order valence-corrected chi connectivity index (χ1v) is 12.2. The maximum Gasteiger partial charge on any atom is 0.257 e. The number of nitrogens with one attached hydrogen (secondary N) is 2. The van der Waals surface area contributed by atoms with Crippen LogP contribution in [0.5, 0.6) is 5.75 Å². The lowest BCUT2D eigenvalue weighted by Gasteiger charge is -2.35. The maximum atomic E-state index is 14.2. The fraction of sp³-hybridized carbons (Fsp3) is 0.481. The zero-order valence-electron chi connectivity index (χ0n) is 19.9. The summed E-state index contributed by atoms with van der Waals surface area (Å²) < 4.78 is 14.2. The number of amides is 2. The Balaban J connectivity index is 1.29. The molecule has 2 aliphatic rings. The second kappa shape index (κ2) is 10.6. The third kappa shape index (κ3) is 5.25.